The summed E-state index contributed by atoms with van der Waals surface area (Å²) in [4.78, 5) is 0. The zero-order valence-corrected chi connectivity index (χ0v) is 26.0. The summed E-state index contributed by atoms with van der Waals surface area (Å²) in [6.45, 7) is 22.6. The van der Waals surface area contributed by atoms with E-state index in [2.05, 4.69) is 120 Å². The normalized spacial score (nSPS) is 14.9. The molecule has 0 heterocycles. The second-order valence-corrected chi connectivity index (χ2v) is 17.2. The van der Waals surface area contributed by atoms with Crippen LogP contribution in [0.4, 0.5) is 0 Å². The molecule has 0 saturated heterocycles. The van der Waals surface area contributed by atoms with Crippen LogP contribution in [0.2, 0.25) is 26.2 Å². The van der Waals surface area contributed by atoms with E-state index in [1.54, 1.807) is 0 Å². The Morgan fingerprint density at radius 3 is 1.70 bits per heavy atom. The molecule has 0 N–H and O–H groups in total. The van der Waals surface area contributed by atoms with Gasteiger partial charge in [-0.05, 0) is 83.5 Å². The zero-order valence-electron chi connectivity index (χ0n) is 22.1. The van der Waals surface area contributed by atoms with Crippen molar-refractivity contribution in [3.05, 3.63) is 69.2 Å². The third-order valence-electron chi connectivity index (χ3n) is 5.27. The Morgan fingerprint density at radius 1 is 0.818 bits per heavy atom. The van der Waals surface area contributed by atoms with Gasteiger partial charge in [0, 0.05) is 4.47 Å². The Bertz CT molecular complexity index is 893. The first-order valence-electron chi connectivity index (χ1n) is 12.0. The van der Waals surface area contributed by atoms with Gasteiger partial charge in [0.1, 0.15) is 0 Å². The van der Waals surface area contributed by atoms with Crippen LogP contribution in [0.25, 0.3) is 12.2 Å². The summed E-state index contributed by atoms with van der Waals surface area (Å²) >= 11 is 3.64. The smallest absolute Gasteiger partial charge is 0.171 e. The van der Waals surface area contributed by atoms with E-state index in [0.29, 0.717) is 0 Å². The van der Waals surface area contributed by atoms with E-state index in [0.717, 1.165) is 15.6 Å². The van der Waals surface area contributed by atoms with Crippen molar-refractivity contribution in [2.75, 3.05) is 0 Å². The molecule has 0 saturated carbocycles. The van der Waals surface area contributed by atoms with Gasteiger partial charge in [-0.2, -0.15) is 0 Å². The highest BCUT2D eigenvalue weighted by Crippen LogP contribution is 2.42. The van der Waals surface area contributed by atoms with Gasteiger partial charge >= 0.3 is 0 Å². The van der Waals surface area contributed by atoms with Gasteiger partial charge in [-0.1, -0.05) is 87.8 Å². The van der Waals surface area contributed by atoms with Crippen LogP contribution in [-0.4, -0.2) is 18.1 Å². The zero-order chi connectivity index (χ0) is 25.0. The monoisotopic (exact) mass is 545 g/mol. The Kier molecular flexibility index (Phi) is 9.96. The molecule has 2 unspecified atom stereocenters. The fraction of sp³-hybridized carbons (Fsp3) is 0.500. The number of benzene rings is 2. The van der Waals surface area contributed by atoms with E-state index in [9.17, 15) is 0 Å². The molecule has 2 aromatic carbocycles. The van der Waals surface area contributed by atoms with Gasteiger partial charge in [-0.25, -0.2) is 0 Å². The summed E-state index contributed by atoms with van der Waals surface area (Å²) in [7, 11) is -2.47. The van der Waals surface area contributed by atoms with Crippen molar-refractivity contribution < 1.29 is 8.85 Å². The van der Waals surface area contributed by atoms with E-state index < -0.39 is 18.1 Å². The molecule has 0 spiro atoms. The van der Waals surface area contributed by atoms with Crippen LogP contribution in [0.3, 0.4) is 0 Å². The Hall–Kier alpha value is -0.986. The van der Waals surface area contributed by atoms with Crippen LogP contribution in [-0.2, 0) is 8.85 Å². The fourth-order valence-electron chi connectivity index (χ4n) is 3.95. The van der Waals surface area contributed by atoms with Gasteiger partial charge < -0.3 is 8.85 Å². The summed E-state index contributed by atoms with van der Waals surface area (Å²) < 4.78 is 14.3. The Morgan fingerprint density at radius 2 is 1.30 bits per heavy atom. The maximum atomic E-state index is 6.61. The third kappa shape index (κ3) is 8.63. The minimum atomic E-state index is -1.24. The number of halogens is 1. The van der Waals surface area contributed by atoms with Crippen LogP contribution < -0.4 is 0 Å². The maximum absolute atomic E-state index is 6.61. The van der Waals surface area contributed by atoms with E-state index in [-0.39, 0.29) is 23.0 Å². The van der Waals surface area contributed by atoms with E-state index in [1.807, 2.05) is 18.2 Å². The van der Waals surface area contributed by atoms with E-state index in [4.69, 9.17) is 8.85 Å². The summed E-state index contributed by atoms with van der Waals surface area (Å²) in [5, 5.41) is 0. The van der Waals surface area contributed by atoms with Crippen LogP contribution in [0.15, 0.2) is 40.9 Å². The molecular weight excluding hydrogens is 504 g/mol. The molecule has 0 aromatic heterocycles. The first-order valence-corrected chi connectivity index (χ1v) is 18.3. The van der Waals surface area contributed by atoms with Gasteiger partial charge in [-0.15, -0.1) is 0 Å². The molecule has 0 fully saturated rings. The molecule has 2 rings (SSSR count). The molecule has 33 heavy (non-hydrogen) atoms. The SMILES string of the molecule is C[SiH](C)OC(c1cc(/C=C/c2[c]cccc2Br)cc(C(O[SiH](C)C)C(C)(C)C)c1)C(C)(C)C. The highest BCUT2D eigenvalue weighted by molar-refractivity contribution is 9.10. The lowest BCUT2D eigenvalue weighted by Gasteiger charge is -2.36. The summed E-state index contributed by atoms with van der Waals surface area (Å²) in [5.74, 6) is 0. The van der Waals surface area contributed by atoms with Crippen molar-refractivity contribution >= 4 is 46.2 Å². The first kappa shape index (κ1) is 28.3. The van der Waals surface area contributed by atoms with Gasteiger partial charge in [0.2, 0.25) is 0 Å². The molecular formula is C28H42BrO2Si2. The molecule has 5 heteroatoms. The second-order valence-electron chi connectivity index (χ2n) is 11.6. The Balaban J connectivity index is 2.67. The molecule has 1 radical (unpaired) electrons. The fourth-order valence-corrected chi connectivity index (χ4v) is 6.57. The number of hydrogen-bond donors (Lipinski definition) is 0. The maximum Gasteiger partial charge on any atom is 0.171 e. The van der Waals surface area contributed by atoms with Crippen molar-refractivity contribution in [1.29, 1.82) is 0 Å². The van der Waals surface area contributed by atoms with E-state index >= 15 is 0 Å². The largest absolute Gasteiger partial charge is 0.413 e. The number of hydrogen-bond acceptors (Lipinski definition) is 2. The van der Waals surface area contributed by atoms with Crippen molar-refractivity contribution in [1.82, 2.24) is 0 Å². The molecule has 2 nitrogen and oxygen atoms in total. The quantitative estimate of drug-likeness (QED) is 0.244. The molecule has 2 aromatic rings. The lowest BCUT2D eigenvalue weighted by Crippen LogP contribution is -2.28. The third-order valence-corrected chi connectivity index (χ3v) is 7.60. The van der Waals surface area contributed by atoms with Crippen molar-refractivity contribution in [3.63, 3.8) is 0 Å². The standard InChI is InChI=1S/C28H42BrO2Si2/c1-27(2,3)25(30-32(7)8)22-17-20(15-16-21-13-11-12-14-24(21)29)18-23(19-22)26(28(4,5)6)31-33(9)10/h11-12,14-19,25-26,32-33H,1-10H3/b16-15+. The molecule has 0 amide bonds. The minimum Gasteiger partial charge on any atom is -0.413 e. The van der Waals surface area contributed by atoms with Gasteiger partial charge in [0.25, 0.3) is 0 Å². The van der Waals surface area contributed by atoms with E-state index in [1.165, 1.54) is 11.1 Å². The molecule has 2 atom stereocenters. The molecule has 0 aliphatic carbocycles. The van der Waals surface area contributed by atoms with Gasteiger partial charge in [0.05, 0.1) is 12.2 Å². The predicted molar refractivity (Wildman–Crippen MR) is 153 cm³/mol. The predicted octanol–water partition coefficient (Wildman–Crippen LogP) is 8.59. The molecule has 0 aliphatic rings. The summed E-state index contributed by atoms with van der Waals surface area (Å²) in [6, 6.07) is 16.2. The highest BCUT2D eigenvalue weighted by atomic mass is 79.9. The summed E-state index contributed by atoms with van der Waals surface area (Å²) in [6.07, 6.45) is 4.40. The number of rotatable bonds is 8. The van der Waals surface area contributed by atoms with Gasteiger partial charge in [-0.3, -0.25) is 0 Å². The molecule has 181 valence electrons. The lowest BCUT2D eigenvalue weighted by molar-refractivity contribution is 0.0806. The molecule has 0 bridgehead atoms. The van der Waals surface area contributed by atoms with Crippen LogP contribution >= 0.6 is 15.9 Å². The minimum absolute atomic E-state index is 0.00199. The first-order chi connectivity index (χ1) is 15.2. The van der Waals surface area contributed by atoms with Crippen LogP contribution in [0, 0.1) is 16.9 Å². The van der Waals surface area contributed by atoms with Crippen LogP contribution in [0.1, 0.15) is 76.0 Å². The van der Waals surface area contributed by atoms with Crippen molar-refractivity contribution in [2.45, 2.75) is 79.9 Å². The second kappa shape index (κ2) is 11.6. The lowest BCUT2D eigenvalue weighted by atomic mass is 9.80. The Labute approximate surface area is 214 Å². The van der Waals surface area contributed by atoms with Crippen molar-refractivity contribution in [3.8, 4) is 0 Å². The average molecular weight is 547 g/mol. The van der Waals surface area contributed by atoms with Crippen molar-refractivity contribution in [2.24, 2.45) is 10.8 Å². The van der Waals surface area contributed by atoms with Crippen LogP contribution in [0.5, 0.6) is 0 Å². The van der Waals surface area contributed by atoms with Gasteiger partial charge in [0.15, 0.2) is 18.1 Å². The topological polar surface area (TPSA) is 18.5 Å². The molecule has 0 aliphatic heterocycles. The summed E-state index contributed by atoms with van der Waals surface area (Å²) in [5.41, 5.74) is 4.68. The average Bonchev–Trinajstić information content (AvgIpc) is 2.67. The highest BCUT2D eigenvalue weighted by Gasteiger charge is 2.32.